The van der Waals surface area contributed by atoms with Crippen molar-refractivity contribution in [2.24, 2.45) is 7.05 Å². The van der Waals surface area contributed by atoms with Crippen molar-refractivity contribution in [2.45, 2.75) is 6.04 Å². The molecule has 0 aliphatic rings. The maximum Gasteiger partial charge on any atom is 0.331 e. The van der Waals surface area contributed by atoms with Gasteiger partial charge >= 0.3 is 5.97 Å². The third-order valence-corrected chi connectivity index (χ3v) is 2.14. The third kappa shape index (κ3) is 2.57. The van der Waals surface area contributed by atoms with Gasteiger partial charge in [0.1, 0.15) is 0 Å². The number of rotatable bonds is 4. The van der Waals surface area contributed by atoms with Gasteiger partial charge in [-0.25, -0.2) is 14.8 Å². The summed E-state index contributed by atoms with van der Waals surface area (Å²) in [6, 6.07) is 0.747. The van der Waals surface area contributed by atoms with Gasteiger partial charge in [0.25, 0.3) is 0 Å². The molecule has 17 heavy (non-hydrogen) atoms. The highest BCUT2D eigenvalue weighted by Crippen LogP contribution is 2.16. The Morgan fingerprint density at radius 2 is 2.18 bits per heavy atom. The van der Waals surface area contributed by atoms with E-state index in [1.165, 1.54) is 18.6 Å². The fourth-order valence-corrected chi connectivity index (χ4v) is 1.38. The minimum Gasteiger partial charge on any atom is -0.479 e. The standard InChI is InChI=1S/C10H11N5O2/c1-15-6-7(5-13-15)8(9(16)17)14-10-11-3-2-4-12-10/h2-6,8H,1H3,(H,16,17)(H,11,12,14). The summed E-state index contributed by atoms with van der Waals surface area (Å²) in [6.07, 6.45) is 6.21. The van der Waals surface area contributed by atoms with Gasteiger partial charge in [-0.1, -0.05) is 0 Å². The molecule has 0 aliphatic carbocycles. The van der Waals surface area contributed by atoms with E-state index in [-0.39, 0.29) is 5.95 Å². The predicted octanol–water partition coefficient (Wildman–Crippen LogP) is 0.448. The fraction of sp³-hybridized carbons (Fsp3) is 0.200. The summed E-state index contributed by atoms with van der Waals surface area (Å²) < 4.78 is 1.54. The van der Waals surface area contributed by atoms with Crippen LogP contribution in [0.5, 0.6) is 0 Å². The van der Waals surface area contributed by atoms with Crippen LogP contribution >= 0.6 is 0 Å². The van der Waals surface area contributed by atoms with Crippen molar-refractivity contribution >= 4 is 11.9 Å². The first kappa shape index (κ1) is 11.1. The van der Waals surface area contributed by atoms with Crippen LogP contribution in [-0.4, -0.2) is 30.8 Å². The Bertz CT molecular complexity index is 510. The lowest BCUT2D eigenvalue weighted by molar-refractivity contribution is -0.138. The number of carboxylic acids is 1. The number of nitrogens with one attached hydrogen (secondary N) is 1. The van der Waals surface area contributed by atoms with Crippen LogP contribution in [0.1, 0.15) is 11.6 Å². The molecule has 2 aromatic rings. The molecule has 88 valence electrons. The van der Waals surface area contributed by atoms with E-state index >= 15 is 0 Å². The summed E-state index contributed by atoms with van der Waals surface area (Å²) in [5.74, 6) is -0.741. The molecule has 0 aliphatic heterocycles. The van der Waals surface area contributed by atoms with Gasteiger partial charge in [-0.05, 0) is 6.07 Å². The second-order valence-electron chi connectivity index (χ2n) is 3.44. The lowest BCUT2D eigenvalue weighted by Gasteiger charge is -2.11. The Morgan fingerprint density at radius 3 is 2.71 bits per heavy atom. The number of hydrogen-bond acceptors (Lipinski definition) is 5. The molecular formula is C10H11N5O2. The van der Waals surface area contributed by atoms with Crippen LogP contribution in [0, 0.1) is 0 Å². The van der Waals surface area contributed by atoms with Crippen molar-refractivity contribution < 1.29 is 9.90 Å². The summed E-state index contributed by atoms with van der Waals surface area (Å²) in [5, 5.41) is 15.8. The topological polar surface area (TPSA) is 92.9 Å². The minimum atomic E-state index is -1.01. The van der Waals surface area contributed by atoms with Crippen molar-refractivity contribution in [2.75, 3.05) is 5.32 Å². The molecule has 0 bridgehead atoms. The summed E-state index contributed by atoms with van der Waals surface area (Å²) in [5.41, 5.74) is 0.549. The van der Waals surface area contributed by atoms with E-state index in [2.05, 4.69) is 20.4 Å². The molecule has 2 N–H and O–H groups in total. The van der Waals surface area contributed by atoms with Crippen molar-refractivity contribution in [3.8, 4) is 0 Å². The summed E-state index contributed by atoms with van der Waals surface area (Å²) >= 11 is 0. The van der Waals surface area contributed by atoms with Gasteiger partial charge in [0, 0.05) is 31.2 Å². The summed E-state index contributed by atoms with van der Waals surface area (Å²) in [7, 11) is 1.72. The van der Waals surface area contributed by atoms with Crippen molar-refractivity contribution in [3.05, 3.63) is 36.4 Å². The Kier molecular flexibility index (Phi) is 2.99. The van der Waals surface area contributed by atoms with Crippen LogP contribution in [-0.2, 0) is 11.8 Å². The number of aromatic nitrogens is 4. The van der Waals surface area contributed by atoms with E-state index in [4.69, 9.17) is 5.11 Å². The average molecular weight is 233 g/mol. The van der Waals surface area contributed by atoms with Crippen LogP contribution in [0.3, 0.4) is 0 Å². The quantitative estimate of drug-likeness (QED) is 0.796. The van der Waals surface area contributed by atoms with E-state index < -0.39 is 12.0 Å². The lowest BCUT2D eigenvalue weighted by Crippen LogP contribution is -2.21. The fourth-order valence-electron chi connectivity index (χ4n) is 1.38. The highest BCUT2D eigenvalue weighted by molar-refractivity contribution is 5.78. The first-order valence-electron chi connectivity index (χ1n) is 4.91. The van der Waals surface area contributed by atoms with Gasteiger partial charge in [-0.3, -0.25) is 4.68 Å². The van der Waals surface area contributed by atoms with E-state index in [1.807, 2.05) is 0 Å². The first-order chi connectivity index (χ1) is 8.16. The van der Waals surface area contributed by atoms with E-state index in [0.717, 1.165) is 0 Å². The second kappa shape index (κ2) is 4.60. The minimum absolute atomic E-state index is 0.267. The Hall–Kier alpha value is -2.44. The monoisotopic (exact) mass is 233 g/mol. The van der Waals surface area contributed by atoms with Gasteiger partial charge < -0.3 is 10.4 Å². The normalized spacial score (nSPS) is 12.1. The number of aryl methyl sites for hydroxylation is 1. The molecule has 0 saturated carbocycles. The highest BCUT2D eigenvalue weighted by Gasteiger charge is 2.21. The molecule has 0 aromatic carbocycles. The van der Waals surface area contributed by atoms with Crippen LogP contribution in [0.4, 0.5) is 5.95 Å². The highest BCUT2D eigenvalue weighted by atomic mass is 16.4. The summed E-state index contributed by atoms with van der Waals surface area (Å²) in [6.45, 7) is 0. The van der Waals surface area contributed by atoms with E-state index in [0.29, 0.717) is 5.56 Å². The molecule has 2 rings (SSSR count). The maximum absolute atomic E-state index is 11.2. The van der Waals surface area contributed by atoms with Crippen molar-refractivity contribution in [3.63, 3.8) is 0 Å². The van der Waals surface area contributed by atoms with Gasteiger partial charge in [-0.15, -0.1) is 0 Å². The molecular weight excluding hydrogens is 222 g/mol. The zero-order chi connectivity index (χ0) is 12.3. The average Bonchev–Trinajstić information content (AvgIpc) is 2.73. The largest absolute Gasteiger partial charge is 0.479 e. The lowest BCUT2D eigenvalue weighted by atomic mass is 10.2. The molecule has 2 aromatic heterocycles. The molecule has 7 heteroatoms. The van der Waals surface area contributed by atoms with Crippen molar-refractivity contribution in [1.82, 2.24) is 19.7 Å². The van der Waals surface area contributed by atoms with Crippen LogP contribution in [0.15, 0.2) is 30.9 Å². The smallest absolute Gasteiger partial charge is 0.331 e. The van der Waals surface area contributed by atoms with Crippen molar-refractivity contribution in [1.29, 1.82) is 0 Å². The zero-order valence-electron chi connectivity index (χ0n) is 9.11. The van der Waals surface area contributed by atoms with E-state index in [1.54, 1.807) is 24.0 Å². The molecule has 0 radical (unpaired) electrons. The molecule has 7 nitrogen and oxygen atoms in total. The van der Waals surface area contributed by atoms with Gasteiger partial charge in [0.2, 0.25) is 5.95 Å². The van der Waals surface area contributed by atoms with Crippen LogP contribution in [0.25, 0.3) is 0 Å². The third-order valence-electron chi connectivity index (χ3n) is 2.14. The predicted molar refractivity (Wildman–Crippen MR) is 59.2 cm³/mol. The van der Waals surface area contributed by atoms with Gasteiger partial charge in [0.15, 0.2) is 6.04 Å². The zero-order valence-corrected chi connectivity index (χ0v) is 9.11. The van der Waals surface area contributed by atoms with Gasteiger partial charge in [-0.2, -0.15) is 5.10 Å². The number of nitrogens with zero attached hydrogens (tertiary/aromatic N) is 4. The van der Waals surface area contributed by atoms with E-state index in [9.17, 15) is 4.79 Å². The maximum atomic E-state index is 11.2. The molecule has 0 saturated heterocycles. The molecule has 2 heterocycles. The number of carboxylic acid groups (broad SMARTS) is 1. The van der Waals surface area contributed by atoms with Gasteiger partial charge in [0.05, 0.1) is 6.20 Å². The van der Waals surface area contributed by atoms with Crippen LogP contribution in [0.2, 0.25) is 0 Å². The number of anilines is 1. The Labute approximate surface area is 97.1 Å². The number of carbonyl (C=O) groups is 1. The molecule has 0 spiro atoms. The first-order valence-corrected chi connectivity index (χ1v) is 4.91. The molecule has 1 atom stereocenters. The molecule has 0 amide bonds. The Balaban J connectivity index is 2.22. The SMILES string of the molecule is Cn1cc(C(Nc2ncccn2)C(=O)O)cn1. The number of hydrogen-bond donors (Lipinski definition) is 2. The molecule has 1 unspecified atom stereocenters. The number of aliphatic carboxylic acids is 1. The Morgan fingerprint density at radius 1 is 1.47 bits per heavy atom. The molecule has 0 fully saturated rings. The van der Waals surface area contributed by atoms with Crippen LogP contribution < -0.4 is 5.32 Å². The summed E-state index contributed by atoms with van der Waals surface area (Å²) in [4.78, 5) is 19.0. The second-order valence-corrected chi connectivity index (χ2v) is 3.44.